The Labute approximate surface area is 160 Å². The summed E-state index contributed by atoms with van der Waals surface area (Å²) in [6.07, 6.45) is 4.21. The predicted octanol–water partition coefficient (Wildman–Crippen LogP) is 1.42. The smallest absolute Gasteiger partial charge is 0.231 e. The lowest BCUT2D eigenvalue weighted by molar-refractivity contribution is 0.206. The fourth-order valence-corrected chi connectivity index (χ4v) is 5.58. The second kappa shape index (κ2) is 6.39. The fraction of sp³-hybridized carbons (Fsp3) is 0.529. The third kappa shape index (κ3) is 3.78. The number of H-pyrrole nitrogens is 1. The van der Waals surface area contributed by atoms with Crippen LogP contribution < -0.4 is 9.21 Å². The van der Waals surface area contributed by atoms with Gasteiger partial charge < -0.3 is 9.88 Å². The molecular formula is C17H26N4O4S2. The lowest BCUT2D eigenvalue weighted by Gasteiger charge is -2.46. The van der Waals surface area contributed by atoms with Gasteiger partial charge in [0.15, 0.2) is 0 Å². The highest BCUT2D eigenvalue weighted by molar-refractivity contribution is 7.92. The van der Waals surface area contributed by atoms with E-state index in [1.165, 1.54) is 28.2 Å². The Morgan fingerprint density at radius 3 is 2.33 bits per heavy atom. The number of aromatic amines is 1. The van der Waals surface area contributed by atoms with Crippen molar-refractivity contribution in [1.29, 1.82) is 0 Å². The van der Waals surface area contributed by atoms with Gasteiger partial charge in [0.05, 0.1) is 18.2 Å². The van der Waals surface area contributed by atoms with Crippen molar-refractivity contribution in [2.45, 2.75) is 19.4 Å². The first-order valence-corrected chi connectivity index (χ1v) is 12.3. The Morgan fingerprint density at radius 2 is 1.78 bits per heavy atom. The molecule has 1 aliphatic heterocycles. The summed E-state index contributed by atoms with van der Waals surface area (Å²) >= 11 is 0. The maximum Gasteiger partial charge on any atom is 0.231 e. The largest absolute Gasteiger partial charge is 0.368 e. The van der Waals surface area contributed by atoms with Crippen LogP contribution in [0.1, 0.15) is 13.8 Å². The van der Waals surface area contributed by atoms with Gasteiger partial charge in [0.25, 0.3) is 0 Å². The number of nitrogens with one attached hydrogen (secondary N) is 1. The van der Waals surface area contributed by atoms with Crippen molar-refractivity contribution in [2.75, 3.05) is 48.4 Å². The molecule has 0 radical (unpaired) electrons. The van der Waals surface area contributed by atoms with Crippen LogP contribution in [0.5, 0.6) is 0 Å². The fourth-order valence-electron chi connectivity index (χ4n) is 3.73. The van der Waals surface area contributed by atoms with E-state index in [0.717, 1.165) is 16.6 Å². The van der Waals surface area contributed by atoms with E-state index in [-0.39, 0.29) is 0 Å². The normalized spacial score (nSPS) is 18.8. The molecule has 27 heavy (non-hydrogen) atoms. The number of aromatic nitrogens is 1. The van der Waals surface area contributed by atoms with E-state index in [1.54, 1.807) is 6.07 Å². The minimum atomic E-state index is -3.39. The van der Waals surface area contributed by atoms with Crippen LogP contribution in [0.3, 0.4) is 0 Å². The van der Waals surface area contributed by atoms with Gasteiger partial charge in [-0.1, -0.05) is 0 Å². The first kappa shape index (κ1) is 20.0. The molecule has 3 rings (SSSR count). The minimum Gasteiger partial charge on any atom is -0.368 e. The number of fused-ring (bicyclic) bond motifs is 1. The first-order chi connectivity index (χ1) is 12.3. The first-order valence-electron chi connectivity index (χ1n) is 8.58. The number of sulfonamides is 2. The molecule has 10 heteroatoms. The summed E-state index contributed by atoms with van der Waals surface area (Å²) in [6, 6.07) is 5.60. The number of nitrogens with zero attached hydrogens (tertiary/aromatic N) is 3. The molecule has 0 saturated carbocycles. The molecule has 1 N–H and O–H groups in total. The van der Waals surface area contributed by atoms with E-state index in [0.29, 0.717) is 25.3 Å². The van der Waals surface area contributed by atoms with Crippen molar-refractivity contribution in [3.8, 4) is 0 Å². The SMILES string of the molecule is CN(c1cc(N2CCN(S(C)(=O)=O)C(C)(C)C2)c2cc[nH]c2c1)S(C)(=O)=O. The summed E-state index contributed by atoms with van der Waals surface area (Å²) in [5.41, 5.74) is 1.71. The summed E-state index contributed by atoms with van der Waals surface area (Å²) in [7, 11) is -5.17. The highest BCUT2D eigenvalue weighted by Gasteiger charge is 2.39. The second-order valence-electron chi connectivity index (χ2n) is 7.70. The van der Waals surface area contributed by atoms with Crippen LogP contribution >= 0.6 is 0 Å². The lowest BCUT2D eigenvalue weighted by Crippen LogP contribution is -2.60. The van der Waals surface area contributed by atoms with Gasteiger partial charge in [0.1, 0.15) is 0 Å². The zero-order valence-corrected chi connectivity index (χ0v) is 17.9. The summed E-state index contributed by atoms with van der Waals surface area (Å²) < 4.78 is 50.9. The third-order valence-electron chi connectivity index (χ3n) is 5.06. The maximum absolute atomic E-state index is 12.1. The molecule has 1 saturated heterocycles. The van der Waals surface area contributed by atoms with Crippen LogP contribution in [0.25, 0.3) is 10.9 Å². The van der Waals surface area contributed by atoms with E-state index in [2.05, 4.69) is 9.88 Å². The quantitative estimate of drug-likeness (QED) is 0.817. The van der Waals surface area contributed by atoms with Crippen molar-refractivity contribution < 1.29 is 16.8 Å². The van der Waals surface area contributed by atoms with Gasteiger partial charge in [-0.25, -0.2) is 16.8 Å². The van der Waals surface area contributed by atoms with Crippen molar-refractivity contribution in [2.24, 2.45) is 0 Å². The van der Waals surface area contributed by atoms with Gasteiger partial charge in [-0.05, 0) is 32.0 Å². The molecule has 0 unspecified atom stereocenters. The van der Waals surface area contributed by atoms with Gasteiger partial charge in [0, 0.05) is 55.0 Å². The Hall–Kier alpha value is -1.78. The van der Waals surface area contributed by atoms with Crippen LogP contribution in [-0.2, 0) is 20.0 Å². The number of piperazine rings is 1. The molecule has 1 aromatic carbocycles. The van der Waals surface area contributed by atoms with Crippen LogP contribution in [0.4, 0.5) is 11.4 Å². The molecule has 0 spiro atoms. The van der Waals surface area contributed by atoms with Crippen molar-refractivity contribution in [3.63, 3.8) is 0 Å². The molecule has 1 aliphatic rings. The van der Waals surface area contributed by atoms with Gasteiger partial charge in [0.2, 0.25) is 20.0 Å². The molecule has 0 bridgehead atoms. The Kier molecular flexibility index (Phi) is 4.72. The van der Waals surface area contributed by atoms with E-state index >= 15 is 0 Å². The summed E-state index contributed by atoms with van der Waals surface area (Å²) in [5.74, 6) is 0. The number of anilines is 2. The van der Waals surface area contributed by atoms with Crippen molar-refractivity contribution >= 4 is 42.3 Å². The molecule has 0 aliphatic carbocycles. The van der Waals surface area contributed by atoms with Crippen LogP contribution in [0.2, 0.25) is 0 Å². The van der Waals surface area contributed by atoms with E-state index in [1.807, 2.05) is 32.2 Å². The number of benzene rings is 1. The summed E-state index contributed by atoms with van der Waals surface area (Å²) in [5, 5.41) is 0.976. The Bertz CT molecular complexity index is 1070. The average Bonchev–Trinajstić information content (AvgIpc) is 2.98. The number of rotatable bonds is 4. The Morgan fingerprint density at radius 1 is 1.11 bits per heavy atom. The molecular weight excluding hydrogens is 388 g/mol. The van der Waals surface area contributed by atoms with Gasteiger partial charge in [-0.2, -0.15) is 4.31 Å². The summed E-state index contributed by atoms with van der Waals surface area (Å²) in [4.78, 5) is 5.27. The highest BCUT2D eigenvalue weighted by atomic mass is 32.2. The van der Waals surface area contributed by atoms with Crippen LogP contribution in [-0.4, -0.2) is 70.9 Å². The van der Waals surface area contributed by atoms with Gasteiger partial charge in [-0.15, -0.1) is 0 Å². The average molecular weight is 415 g/mol. The van der Waals surface area contributed by atoms with Crippen molar-refractivity contribution in [3.05, 3.63) is 24.4 Å². The van der Waals surface area contributed by atoms with E-state index in [4.69, 9.17) is 0 Å². The summed E-state index contributed by atoms with van der Waals surface area (Å²) in [6.45, 7) is 5.22. The van der Waals surface area contributed by atoms with Crippen LogP contribution in [0, 0.1) is 0 Å². The number of hydrogen-bond acceptors (Lipinski definition) is 5. The van der Waals surface area contributed by atoms with Crippen molar-refractivity contribution in [1.82, 2.24) is 9.29 Å². The standard InChI is InChI=1S/C17H26N4O4S2/c1-17(2)12-20(8-9-21(17)27(5,24)25)16-11-13(19(3)26(4,22)23)10-15-14(16)6-7-18-15/h6-7,10-11,18H,8-9,12H2,1-5H3. The molecule has 1 fully saturated rings. The van der Waals surface area contributed by atoms with Gasteiger partial charge >= 0.3 is 0 Å². The molecule has 0 atom stereocenters. The Balaban J connectivity index is 2.06. The highest BCUT2D eigenvalue weighted by Crippen LogP contribution is 2.35. The second-order valence-corrected chi connectivity index (χ2v) is 11.6. The molecule has 2 heterocycles. The number of hydrogen-bond donors (Lipinski definition) is 1. The van der Waals surface area contributed by atoms with E-state index < -0.39 is 25.6 Å². The third-order valence-corrected chi connectivity index (χ3v) is 7.74. The monoisotopic (exact) mass is 414 g/mol. The minimum absolute atomic E-state index is 0.379. The molecule has 2 aromatic rings. The maximum atomic E-state index is 12.1. The molecule has 1 aromatic heterocycles. The molecule has 150 valence electrons. The predicted molar refractivity (Wildman–Crippen MR) is 109 cm³/mol. The zero-order chi connectivity index (χ0) is 20.2. The van der Waals surface area contributed by atoms with E-state index in [9.17, 15) is 16.8 Å². The molecule has 0 amide bonds. The van der Waals surface area contributed by atoms with Crippen LogP contribution in [0.15, 0.2) is 24.4 Å². The topological polar surface area (TPSA) is 93.8 Å². The lowest BCUT2D eigenvalue weighted by atomic mass is 10.0. The molecule has 8 nitrogen and oxygen atoms in total. The zero-order valence-electron chi connectivity index (χ0n) is 16.2. The van der Waals surface area contributed by atoms with Gasteiger partial charge in [-0.3, -0.25) is 4.31 Å².